The van der Waals surface area contributed by atoms with Gasteiger partial charge in [-0.15, -0.1) is 0 Å². The molecule has 0 aromatic heterocycles. The summed E-state index contributed by atoms with van der Waals surface area (Å²) in [5.41, 5.74) is 2.10. The lowest BCUT2D eigenvalue weighted by Gasteiger charge is -2.26. The molecule has 0 bridgehead atoms. The fraction of sp³-hybridized carbons (Fsp3) is 0.600. The van der Waals surface area contributed by atoms with E-state index in [0.29, 0.717) is 11.1 Å². The normalized spacial score (nSPS) is 20.6. The maximum atomic E-state index is 13.6. The van der Waals surface area contributed by atoms with Gasteiger partial charge < -0.3 is 14.7 Å². The van der Waals surface area contributed by atoms with Gasteiger partial charge in [0, 0.05) is 31.5 Å². The van der Waals surface area contributed by atoms with Crippen molar-refractivity contribution in [2.45, 2.75) is 38.9 Å². The van der Waals surface area contributed by atoms with Crippen LogP contribution in [0, 0.1) is 12.7 Å². The third-order valence-corrected chi connectivity index (χ3v) is 3.67. The molecule has 1 aliphatic rings. The molecule has 0 saturated carbocycles. The minimum Gasteiger partial charge on any atom is -0.389 e. The van der Waals surface area contributed by atoms with E-state index in [9.17, 15) is 9.50 Å². The highest BCUT2D eigenvalue weighted by molar-refractivity contribution is 5.56. The lowest BCUT2D eigenvalue weighted by Crippen LogP contribution is -2.29. The summed E-state index contributed by atoms with van der Waals surface area (Å²) in [6.45, 7) is 4.99. The Morgan fingerprint density at radius 1 is 1.53 bits per heavy atom. The maximum Gasteiger partial charge on any atom is 0.126 e. The van der Waals surface area contributed by atoms with Crippen LogP contribution in [0.25, 0.3) is 0 Å². The number of likely N-dealkylation sites (N-methyl/N-ethyl adjacent to an activating group) is 1. The molecule has 0 radical (unpaired) electrons. The maximum absolute atomic E-state index is 13.6. The number of ether oxygens (including phenoxy) is 1. The van der Waals surface area contributed by atoms with Gasteiger partial charge in [0.2, 0.25) is 0 Å². The number of hydrogen-bond acceptors (Lipinski definition) is 3. The van der Waals surface area contributed by atoms with E-state index in [2.05, 4.69) is 0 Å². The summed E-state index contributed by atoms with van der Waals surface area (Å²) in [5.74, 6) is -0.273. The topological polar surface area (TPSA) is 32.7 Å². The van der Waals surface area contributed by atoms with Gasteiger partial charge in [-0.25, -0.2) is 4.39 Å². The molecule has 1 aromatic rings. The standard InChI is InChI=1S/C15H22FNO2/c1-10-7-15(13(11(2)18)8-14(10)16)17(3)9-12-5-4-6-19-12/h7-8,11-12,18H,4-6,9H2,1-3H3/t11-,12?/m0/s1. The van der Waals surface area contributed by atoms with E-state index in [1.807, 2.05) is 11.9 Å². The molecule has 0 aliphatic carbocycles. The summed E-state index contributed by atoms with van der Waals surface area (Å²) < 4.78 is 19.3. The molecule has 0 spiro atoms. The Morgan fingerprint density at radius 2 is 2.26 bits per heavy atom. The summed E-state index contributed by atoms with van der Waals surface area (Å²) in [4.78, 5) is 2.05. The van der Waals surface area contributed by atoms with Gasteiger partial charge in [-0.3, -0.25) is 0 Å². The van der Waals surface area contributed by atoms with Gasteiger partial charge in [0.1, 0.15) is 5.82 Å². The monoisotopic (exact) mass is 267 g/mol. The van der Waals surface area contributed by atoms with Crippen molar-refractivity contribution in [3.63, 3.8) is 0 Å². The van der Waals surface area contributed by atoms with Crippen LogP contribution >= 0.6 is 0 Å². The number of halogens is 1. The Balaban J connectivity index is 2.23. The molecule has 3 nitrogen and oxygen atoms in total. The number of anilines is 1. The molecular formula is C15H22FNO2. The summed E-state index contributed by atoms with van der Waals surface area (Å²) in [7, 11) is 1.96. The molecule has 1 unspecified atom stereocenters. The fourth-order valence-electron chi connectivity index (χ4n) is 2.54. The van der Waals surface area contributed by atoms with Crippen molar-refractivity contribution in [3.8, 4) is 0 Å². The zero-order valence-electron chi connectivity index (χ0n) is 11.8. The average molecular weight is 267 g/mol. The molecule has 1 fully saturated rings. The van der Waals surface area contributed by atoms with Crippen molar-refractivity contribution in [2.75, 3.05) is 25.1 Å². The second kappa shape index (κ2) is 5.88. The van der Waals surface area contributed by atoms with Gasteiger partial charge in [0.15, 0.2) is 0 Å². The fourth-order valence-corrected chi connectivity index (χ4v) is 2.54. The van der Waals surface area contributed by atoms with Crippen LogP contribution in [-0.2, 0) is 4.74 Å². The second-order valence-corrected chi connectivity index (χ2v) is 5.35. The van der Waals surface area contributed by atoms with E-state index in [4.69, 9.17) is 4.74 Å². The van der Waals surface area contributed by atoms with Crippen LogP contribution in [-0.4, -0.2) is 31.4 Å². The summed E-state index contributed by atoms with van der Waals surface area (Å²) >= 11 is 0. The van der Waals surface area contributed by atoms with Crippen LogP contribution in [0.2, 0.25) is 0 Å². The predicted molar refractivity (Wildman–Crippen MR) is 74.0 cm³/mol. The molecule has 106 valence electrons. The number of nitrogens with zero attached hydrogens (tertiary/aromatic N) is 1. The Morgan fingerprint density at radius 3 is 2.84 bits per heavy atom. The van der Waals surface area contributed by atoms with Crippen molar-refractivity contribution < 1.29 is 14.2 Å². The highest BCUT2D eigenvalue weighted by Gasteiger charge is 2.20. The second-order valence-electron chi connectivity index (χ2n) is 5.35. The molecule has 4 heteroatoms. The smallest absolute Gasteiger partial charge is 0.126 e. The van der Waals surface area contributed by atoms with E-state index in [-0.39, 0.29) is 11.9 Å². The van der Waals surface area contributed by atoms with E-state index < -0.39 is 6.10 Å². The number of aliphatic hydroxyl groups excluding tert-OH is 1. The van der Waals surface area contributed by atoms with Gasteiger partial charge in [-0.2, -0.15) is 0 Å². The molecule has 1 N–H and O–H groups in total. The molecule has 2 atom stereocenters. The number of hydrogen-bond donors (Lipinski definition) is 1. The predicted octanol–water partition coefficient (Wildman–Crippen LogP) is 2.80. The van der Waals surface area contributed by atoms with E-state index >= 15 is 0 Å². The summed E-state index contributed by atoms with van der Waals surface area (Å²) in [6, 6.07) is 3.23. The van der Waals surface area contributed by atoms with Crippen LogP contribution in [0.1, 0.15) is 37.0 Å². The first-order valence-corrected chi connectivity index (χ1v) is 6.80. The third-order valence-electron chi connectivity index (χ3n) is 3.67. The first-order chi connectivity index (χ1) is 8.99. The summed E-state index contributed by atoms with van der Waals surface area (Å²) in [5, 5.41) is 9.81. The van der Waals surface area contributed by atoms with Crippen molar-refractivity contribution >= 4 is 5.69 Å². The van der Waals surface area contributed by atoms with Crippen LogP contribution in [0.3, 0.4) is 0 Å². The Bertz CT molecular complexity index is 442. The third kappa shape index (κ3) is 3.25. The van der Waals surface area contributed by atoms with Crippen LogP contribution in [0.5, 0.6) is 0 Å². The molecule has 19 heavy (non-hydrogen) atoms. The Kier molecular flexibility index (Phi) is 4.42. The van der Waals surface area contributed by atoms with Crippen LogP contribution in [0.4, 0.5) is 10.1 Å². The SMILES string of the molecule is Cc1cc(N(C)CC2CCCO2)c([C@H](C)O)cc1F. The largest absolute Gasteiger partial charge is 0.389 e. The van der Waals surface area contributed by atoms with Gasteiger partial charge in [0.25, 0.3) is 0 Å². The number of rotatable bonds is 4. The molecule has 2 rings (SSSR count). The van der Waals surface area contributed by atoms with Gasteiger partial charge in [-0.1, -0.05) is 0 Å². The highest BCUT2D eigenvalue weighted by atomic mass is 19.1. The molecule has 0 amide bonds. The number of benzene rings is 1. The average Bonchev–Trinajstić information content (AvgIpc) is 2.84. The zero-order valence-corrected chi connectivity index (χ0v) is 11.8. The minimum atomic E-state index is -0.683. The van der Waals surface area contributed by atoms with Gasteiger partial charge in [0.05, 0.1) is 12.2 Å². The van der Waals surface area contributed by atoms with Gasteiger partial charge in [-0.05, 0) is 44.4 Å². The van der Waals surface area contributed by atoms with Crippen molar-refractivity contribution in [3.05, 3.63) is 29.1 Å². The summed E-state index contributed by atoms with van der Waals surface area (Å²) in [6.07, 6.45) is 1.72. The number of aliphatic hydroxyl groups is 1. The Labute approximate surface area is 114 Å². The quantitative estimate of drug-likeness (QED) is 0.910. The van der Waals surface area contributed by atoms with Crippen molar-refractivity contribution in [2.24, 2.45) is 0 Å². The first kappa shape index (κ1) is 14.3. The zero-order chi connectivity index (χ0) is 14.0. The van der Waals surface area contributed by atoms with Crippen molar-refractivity contribution in [1.82, 2.24) is 0 Å². The first-order valence-electron chi connectivity index (χ1n) is 6.80. The van der Waals surface area contributed by atoms with Crippen molar-refractivity contribution in [1.29, 1.82) is 0 Å². The van der Waals surface area contributed by atoms with E-state index in [0.717, 1.165) is 31.7 Å². The van der Waals surface area contributed by atoms with E-state index in [1.165, 1.54) is 6.07 Å². The lowest BCUT2D eigenvalue weighted by molar-refractivity contribution is 0.116. The van der Waals surface area contributed by atoms with Gasteiger partial charge >= 0.3 is 0 Å². The molecule has 1 aromatic carbocycles. The molecule has 1 heterocycles. The Hall–Kier alpha value is -1.13. The lowest BCUT2D eigenvalue weighted by atomic mass is 10.0. The molecule has 1 aliphatic heterocycles. The highest BCUT2D eigenvalue weighted by Crippen LogP contribution is 2.29. The molecule has 1 saturated heterocycles. The molecular weight excluding hydrogens is 245 g/mol. The van der Waals surface area contributed by atoms with Crippen LogP contribution < -0.4 is 4.90 Å². The minimum absolute atomic E-state index is 0.234. The number of aryl methyl sites for hydroxylation is 1. The van der Waals surface area contributed by atoms with E-state index in [1.54, 1.807) is 19.9 Å². The van der Waals surface area contributed by atoms with Crippen LogP contribution in [0.15, 0.2) is 12.1 Å².